The van der Waals surface area contributed by atoms with Crippen molar-refractivity contribution in [2.24, 2.45) is 5.84 Å². The predicted molar refractivity (Wildman–Crippen MR) is 47.9 cm³/mol. The molecule has 0 aromatic heterocycles. The third kappa shape index (κ3) is 4.29. The van der Waals surface area contributed by atoms with Gasteiger partial charge in [-0.2, -0.15) is 0 Å². The van der Waals surface area contributed by atoms with Gasteiger partial charge in [0.2, 0.25) is 0 Å². The molecule has 0 aliphatic rings. The van der Waals surface area contributed by atoms with Gasteiger partial charge in [-0.3, -0.25) is 5.84 Å². The molecule has 0 saturated heterocycles. The van der Waals surface area contributed by atoms with Gasteiger partial charge in [0.15, 0.2) is 0 Å². The molecule has 0 aromatic carbocycles. The zero-order valence-electron chi connectivity index (χ0n) is 7.98. The van der Waals surface area contributed by atoms with E-state index in [-0.39, 0.29) is 6.54 Å². The summed E-state index contributed by atoms with van der Waals surface area (Å²) in [4.78, 5) is 0. The summed E-state index contributed by atoms with van der Waals surface area (Å²) in [6, 6.07) is 0. The van der Waals surface area contributed by atoms with Crippen molar-refractivity contribution in [2.45, 2.75) is 24.4 Å². The number of nitrogens with two attached hydrogens (primary N) is 1. The van der Waals surface area contributed by atoms with E-state index in [0.717, 1.165) is 5.01 Å². The molecule has 0 amide bonds. The summed E-state index contributed by atoms with van der Waals surface area (Å²) in [5, 5.41) is 46.3. The molecule has 0 bridgehead atoms. The van der Waals surface area contributed by atoms with Crippen LogP contribution in [0.2, 0.25) is 0 Å². The lowest BCUT2D eigenvalue weighted by atomic mass is 10.0. The first kappa shape index (κ1) is 13.7. The molecule has 0 heterocycles. The minimum Gasteiger partial charge on any atom is -0.394 e. The number of hydrogen-bond acceptors (Lipinski definition) is 7. The largest absolute Gasteiger partial charge is 0.394 e. The Labute approximate surface area is 82.0 Å². The summed E-state index contributed by atoms with van der Waals surface area (Å²) >= 11 is 0. The van der Waals surface area contributed by atoms with Crippen LogP contribution in [0, 0.1) is 0 Å². The molecule has 0 saturated carbocycles. The van der Waals surface area contributed by atoms with Crippen LogP contribution < -0.4 is 5.84 Å². The van der Waals surface area contributed by atoms with E-state index >= 15 is 0 Å². The molecule has 0 aliphatic heterocycles. The number of nitrogens with zero attached hydrogens (tertiary/aromatic N) is 1. The quantitative estimate of drug-likeness (QED) is 0.196. The van der Waals surface area contributed by atoms with Crippen LogP contribution in [0.3, 0.4) is 0 Å². The van der Waals surface area contributed by atoms with Crippen molar-refractivity contribution < 1.29 is 25.5 Å². The standard InChI is InChI=1S/C7H18N2O5/c1-9(8)2-4(11)6(13)7(14)5(12)3-10/h4-7,10-14H,2-3,8H2,1H3/t4-,5+,6+,7+/m0/s1. The lowest BCUT2D eigenvalue weighted by Gasteiger charge is -2.26. The molecule has 0 aromatic rings. The molecule has 4 atom stereocenters. The van der Waals surface area contributed by atoms with Crippen LogP contribution in [0.25, 0.3) is 0 Å². The fourth-order valence-electron chi connectivity index (χ4n) is 0.966. The normalized spacial score (nSPS) is 20.6. The molecule has 0 radical (unpaired) electrons. The maximum Gasteiger partial charge on any atom is 0.111 e. The van der Waals surface area contributed by atoms with E-state index in [0.29, 0.717) is 0 Å². The van der Waals surface area contributed by atoms with Crippen LogP contribution in [0.15, 0.2) is 0 Å². The van der Waals surface area contributed by atoms with Crippen molar-refractivity contribution in [2.75, 3.05) is 20.2 Å². The van der Waals surface area contributed by atoms with E-state index in [9.17, 15) is 15.3 Å². The van der Waals surface area contributed by atoms with Crippen LogP contribution in [-0.4, -0.2) is 75.2 Å². The van der Waals surface area contributed by atoms with Gasteiger partial charge in [-0.15, -0.1) is 0 Å². The zero-order valence-corrected chi connectivity index (χ0v) is 7.98. The summed E-state index contributed by atoms with van der Waals surface area (Å²) in [6.45, 7) is -0.750. The van der Waals surface area contributed by atoms with Crippen molar-refractivity contribution >= 4 is 0 Å². The Hall–Kier alpha value is -0.280. The van der Waals surface area contributed by atoms with Gasteiger partial charge in [0.1, 0.15) is 18.3 Å². The van der Waals surface area contributed by atoms with E-state index in [4.69, 9.17) is 16.1 Å². The molecule has 0 spiro atoms. The Morgan fingerprint density at radius 3 is 1.86 bits per heavy atom. The Morgan fingerprint density at radius 2 is 1.50 bits per heavy atom. The average Bonchev–Trinajstić information content (AvgIpc) is 2.13. The third-order valence-electron chi connectivity index (χ3n) is 1.80. The summed E-state index contributed by atoms with van der Waals surface area (Å²) in [5.74, 6) is 5.21. The SMILES string of the molecule is CN(N)C[C@H](O)[C@@H](O)[C@H](O)[C@H](O)CO. The van der Waals surface area contributed by atoms with Gasteiger partial charge in [0.05, 0.1) is 12.7 Å². The summed E-state index contributed by atoms with van der Waals surface area (Å²) < 4.78 is 0. The Morgan fingerprint density at radius 1 is 1.07 bits per heavy atom. The second kappa shape index (κ2) is 6.25. The fourth-order valence-corrected chi connectivity index (χ4v) is 0.966. The first-order chi connectivity index (χ1) is 6.40. The highest BCUT2D eigenvalue weighted by molar-refractivity contribution is 4.81. The number of hydrazine groups is 1. The number of rotatable bonds is 6. The number of aliphatic hydroxyl groups is 5. The van der Waals surface area contributed by atoms with Crippen LogP contribution in [0.5, 0.6) is 0 Å². The molecule has 7 nitrogen and oxygen atoms in total. The Kier molecular flexibility index (Phi) is 6.12. The topological polar surface area (TPSA) is 130 Å². The van der Waals surface area contributed by atoms with E-state index in [2.05, 4.69) is 0 Å². The predicted octanol–water partition coefficient (Wildman–Crippen LogP) is -3.77. The molecule has 0 aliphatic carbocycles. The molecule has 0 rings (SSSR count). The van der Waals surface area contributed by atoms with Gasteiger partial charge >= 0.3 is 0 Å². The molecule has 0 unspecified atom stereocenters. The molecular weight excluding hydrogens is 192 g/mol. The maximum atomic E-state index is 9.28. The second-order valence-corrected chi connectivity index (χ2v) is 3.24. The van der Waals surface area contributed by atoms with Crippen molar-refractivity contribution in [3.63, 3.8) is 0 Å². The minimum atomic E-state index is -1.60. The molecular formula is C7H18N2O5. The minimum absolute atomic E-state index is 0.0592. The Bertz CT molecular complexity index is 157. The van der Waals surface area contributed by atoms with Crippen molar-refractivity contribution in [3.8, 4) is 0 Å². The molecule has 7 N–H and O–H groups in total. The molecule has 7 heteroatoms. The zero-order chi connectivity index (χ0) is 11.3. The van der Waals surface area contributed by atoms with Crippen LogP contribution in [0.4, 0.5) is 0 Å². The lowest BCUT2D eigenvalue weighted by Crippen LogP contribution is -2.50. The summed E-state index contributed by atoms with van der Waals surface area (Å²) in [5.41, 5.74) is 0. The Balaban J connectivity index is 4.09. The van der Waals surface area contributed by atoms with Crippen molar-refractivity contribution in [3.05, 3.63) is 0 Å². The smallest absolute Gasteiger partial charge is 0.111 e. The van der Waals surface area contributed by atoms with Gasteiger partial charge in [0.25, 0.3) is 0 Å². The molecule has 14 heavy (non-hydrogen) atoms. The molecule has 0 fully saturated rings. The van der Waals surface area contributed by atoms with Crippen molar-refractivity contribution in [1.29, 1.82) is 0 Å². The lowest BCUT2D eigenvalue weighted by molar-refractivity contribution is -0.118. The van der Waals surface area contributed by atoms with Crippen molar-refractivity contribution in [1.82, 2.24) is 5.01 Å². The maximum absolute atomic E-state index is 9.28. The van der Waals surface area contributed by atoms with Gasteiger partial charge < -0.3 is 25.5 Å². The average molecular weight is 210 g/mol. The summed E-state index contributed by atoms with van der Waals surface area (Å²) in [7, 11) is 1.48. The van der Waals surface area contributed by atoms with Crippen LogP contribution in [-0.2, 0) is 0 Å². The van der Waals surface area contributed by atoms with E-state index in [1.165, 1.54) is 7.05 Å². The van der Waals surface area contributed by atoms with E-state index in [1.807, 2.05) is 0 Å². The van der Waals surface area contributed by atoms with Crippen LogP contribution >= 0.6 is 0 Å². The number of likely N-dealkylation sites (N-methyl/N-ethyl adjacent to an activating group) is 1. The first-order valence-electron chi connectivity index (χ1n) is 4.19. The van der Waals surface area contributed by atoms with Gasteiger partial charge in [0, 0.05) is 13.6 Å². The third-order valence-corrected chi connectivity index (χ3v) is 1.80. The van der Waals surface area contributed by atoms with Gasteiger partial charge in [-0.1, -0.05) is 0 Å². The fraction of sp³-hybridized carbons (Fsp3) is 1.00. The highest BCUT2D eigenvalue weighted by atomic mass is 16.4. The second-order valence-electron chi connectivity index (χ2n) is 3.24. The van der Waals surface area contributed by atoms with E-state index < -0.39 is 31.0 Å². The van der Waals surface area contributed by atoms with Gasteiger partial charge in [-0.05, 0) is 0 Å². The number of hydrogen-bond donors (Lipinski definition) is 6. The highest BCUT2D eigenvalue weighted by Crippen LogP contribution is 2.05. The van der Waals surface area contributed by atoms with Crippen LogP contribution in [0.1, 0.15) is 0 Å². The van der Waals surface area contributed by atoms with Gasteiger partial charge in [-0.25, -0.2) is 5.01 Å². The van der Waals surface area contributed by atoms with E-state index in [1.54, 1.807) is 0 Å². The monoisotopic (exact) mass is 210 g/mol. The first-order valence-corrected chi connectivity index (χ1v) is 4.19. The molecule has 86 valence electrons. The highest BCUT2D eigenvalue weighted by Gasteiger charge is 2.30. The number of aliphatic hydroxyl groups excluding tert-OH is 5. The summed E-state index contributed by atoms with van der Waals surface area (Å²) in [6.07, 6.45) is -5.93.